The Bertz CT molecular complexity index is 904. The molecule has 134 valence electrons. The van der Waals surface area contributed by atoms with Crippen molar-refractivity contribution in [3.63, 3.8) is 0 Å². The Morgan fingerprint density at radius 2 is 2.08 bits per heavy atom. The van der Waals surface area contributed by atoms with Crippen LogP contribution in [0.4, 0.5) is 10.1 Å². The van der Waals surface area contributed by atoms with Gasteiger partial charge in [0.15, 0.2) is 5.11 Å². The van der Waals surface area contributed by atoms with Gasteiger partial charge in [-0.3, -0.25) is 4.79 Å². The van der Waals surface area contributed by atoms with Gasteiger partial charge < -0.3 is 15.2 Å². The van der Waals surface area contributed by atoms with Crippen LogP contribution in [0.1, 0.15) is 5.56 Å². The van der Waals surface area contributed by atoms with Crippen molar-refractivity contribution in [2.75, 3.05) is 18.1 Å². The number of hydrogen-bond donors (Lipinski definition) is 2. The summed E-state index contributed by atoms with van der Waals surface area (Å²) < 4.78 is 20.0. The Morgan fingerprint density at radius 3 is 2.77 bits per heavy atom. The van der Waals surface area contributed by atoms with Crippen LogP contribution in [0.5, 0.6) is 5.75 Å². The molecule has 1 amide bonds. The van der Waals surface area contributed by atoms with Crippen molar-refractivity contribution in [3.8, 4) is 5.75 Å². The number of ether oxygens (including phenoxy) is 1. The van der Waals surface area contributed by atoms with Crippen LogP contribution < -0.4 is 15.0 Å². The van der Waals surface area contributed by atoms with Crippen LogP contribution >= 0.6 is 28.1 Å². The van der Waals surface area contributed by atoms with E-state index in [2.05, 4.69) is 21.2 Å². The molecule has 1 fully saturated rings. The molecule has 26 heavy (non-hydrogen) atoms. The Hall–Kier alpha value is -2.29. The SMILES string of the molecule is O=C1C(=Cc2ccc(OCCO)cc2Br)NC(=S)N1c1ccccc1F. The van der Waals surface area contributed by atoms with Crippen LogP contribution in [0.2, 0.25) is 0 Å². The molecule has 2 N–H and O–H groups in total. The lowest BCUT2D eigenvalue weighted by Gasteiger charge is -2.14. The highest BCUT2D eigenvalue weighted by atomic mass is 79.9. The van der Waals surface area contributed by atoms with E-state index in [9.17, 15) is 9.18 Å². The van der Waals surface area contributed by atoms with Crippen LogP contribution in [0, 0.1) is 5.82 Å². The fourth-order valence-electron chi connectivity index (χ4n) is 2.42. The van der Waals surface area contributed by atoms with Gasteiger partial charge in [0.2, 0.25) is 0 Å². The summed E-state index contributed by atoms with van der Waals surface area (Å²) in [5, 5.41) is 11.7. The van der Waals surface area contributed by atoms with E-state index in [0.29, 0.717) is 10.2 Å². The maximum Gasteiger partial charge on any atom is 0.281 e. The minimum atomic E-state index is -0.530. The number of aliphatic hydroxyl groups excluding tert-OH is 1. The van der Waals surface area contributed by atoms with Gasteiger partial charge in [0.1, 0.15) is 23.9 Å². The van der Waals surface area contributed by atoms with Crippen molar-refractivity contribution in [1.82, 2.24) is 5.32 Å². The van der Waals surface area contributed by atoms with E-state index in [1.54, 1.807) is 36.4 Å². The topological polar surface area (TPSA) is 61.8 Å². The highest BCUT2D eigenvalue weighted by Crippen LogP contribution is 2.28. The van der Waals surface area contributed by atoms with Crippen molar-refractivity contribution >= 4 is 50.9 Å². The van der Waals surface area contributed by atoms with Gasteiger partial charge >= 0.3 is 0 Å². The zero-order chi connectivity index (χ0) is 18.7. The van der Waals surface area contributed by atoms with Gasteiger partial charge in [0, 0.05) is 4.47 Å². The molecule has 1 saturated heterocycles. The molecule has 2 aromatic carbocycles. The second-order valence-corrected chi connectivity index (χ2v) is 6.58. The fourth-order valence-corrected chi connectivity index (χ4v) is 3.18. The summed E-state index contributed by atoms with van der Waals surface area (Å²) in [4.78, 5) is 13.8. The molecular weight excluding hydrogens is 423 g/mol. The van der Waals surface area contributed by atoms with Crippen molar-refractivity contribution in [3.05, 3.63) is 64.0 Å². The molecule has 1 aliphatic rings. The number of para-hydroxylation sites is 1. The predicted octanol–water partition coefficient (Wildman–Crippen LogP) is 3.22. The lowest BCUT2D eigenvalue weighted by molar-refractivity contribution is -0.113. The average molecular weight is 437 g/mol. The molecule has 0 spiro atoms. The van der Waals surface area contributed by atoms with Crippen LogP contribution in [0.3, 0.4) is 0 Å². The summed E-state index contributed by atoms with van der Waals surface area (Å²) in [6.45, 7) is 0.115. The molecule has 8 heteroatoms. The zero-order valence-corrected chi connectivity index (χ0v) is 15.8. The number of halogens is 2. The van der Waals surface area contributed by atoms with E-state index >= 15 is 0 Å². The lowest BCUT2D eigenvalue weighted by Crippen LogP contribution is -2.31. The fraction of sp³-hybridized carbons (Fsp3) is 0.111. The Balaban J connectivity index is 1.88. The molecule has 0 unspecified atom stereocenters. The highest BCUT2D eigenvalue weighted by molar-refractivity contribution is 9.10. The lowest BCUT2D eigenvalue weighted by atomic mass is 10.2. The van der Waals surface area contributed by atoms with E-state index in [1.165, 1.54) is 12.1 Å². The number of aliphatic hydroxyl groups is 1. The number of nitrogens with zero attached hydrogens (tertiary/aromatic N) is 1. The van der Waals surface area contributed by atoms with Crippen molar-refractivity contribution < 1.29 is 19.0 Å². The molecule has 5 nitrogen and oxygen atoms in total. The number of benzene rings is 2. The van der Waals surface area contributed by atoms with Gasteiger partial charge in [-0.25, -0.2) is 9.29 Å². The number of thiocarbonyl (C=S) groups is 1. The van der Waals surface area contributed by atoms with E-state index in [1.807, 2.05) is 0 Å². The molecule has 1 aliphatic heterocycles. The summed E-state index contributed by atoms with van der Waals surface area (Å²) in [6, 6.07) is 11.2. The number of carbonyl (C=O) groups excluding carboxylic acids is 1. The first-order valence-electron chi connectivity index (χ1n) is 7.66. The summed E-state index contributed by atoms with van der Waals surface area (Å²) in [5.74, 6) is -0.382. The number of amides is 1. The first-order valence-corrected chi connectivity index (χ1v) is 8.86. The van der Waals surface area contributed by atoms with Crippen LogP contribution in [-0.4, -0.2) is 29.3 Å². The predicted molar refractivity (Wildman–Crippen MR) is 104 cm³/mol. The molecule has 2 aromatic rings. The minimum Gasteiger partial charge on any atom is -0.491 e. The average Bonchev–Trinajstić information content (AvgIpc) is 2.89. The molecule has 1 heterocycles. The molecule has 0 bridgehead atoms. The quantitative estimate of drug-likeness (QED) is 0.556. The standard InChI is InChI=1S/C18H14BrFN2O3S/c19-13-10-12(25-8-7-23)6-5-11(13)9-15-17(24)22(18(26)21-15)16-4-2-1-3-14(16)20/h1-6,9-10,23H,7-8H2,(H,21,26). The largest absolute Gasteiger partial charge is 0.491 e. The third kappa shape index (κ3) is 3.77. The van der Waals surface area contributed by atoms with Crippen molar-refractivity contribution in [1.29, 1.82) is 0 Å². The second kappa shape index (κ2) is 7.94. The summed E-state index contributed by atoms with van der Waals surface area (Å²) in [5.41, 5.74) is 1.06. The molecule has 0 radical (unpaired) electrons. The van der Waals surface area contributed by atoms with E-state index < -0.39 is 11.7 Å². The van der Waals surface area contributed by atoms with E-state index in [4.69, 9.17) is 22.1 Å². The van der Waals surface area contributed by atoms with E-state index in [-0.39, 0.29) is 29.7 Å². The van der Waals surface area contributed by atoms with E-state index in [0.717, 1.165) is 10.5 Å². The molecule has 0 atom stereocenters. The summed E-state index contributed by atoms with van der Waals surface area (Å²) in [7, 11) is 0. The van der Waals surface area contributed by atoms with Crippen LogP contribution in [0.15, 0.2) is 52.6 Å². The first-order chi connectivity index (χ1) is 12.5. The maximum atomic E-state index is 14.0. The number of carbonyl (C=O) groups is 1. The van der Waals surface area contributed by atoms with Crippen LogP contribution in [-0.2, 0) is 4.79 Å². The molecule has 0 aliphatic carbocycles. The molecule has 0 saturated carbocycles. The normalized spacial score (nSPS) is 15.5. The summed E-state index contributed by atoms with van der Waals surface area (Å²) in [6.07, 6.45) is 1.62. The monoisotopic (exact) mass is 436 g/mol. The van der Waals surface area contributed by atoms with Crippen molar-refractivity contribution in [2.45, 2.75) is 0 Å². The number of rotatable bonds is 5. The zero-order valence-electron chi connectivity index (χ0n) is 13.4. The van der Waals surface area contributed by atoms with Gasteiger partial charge in [0.05, 0.1) is 12.3 Å². The Labute approximate surface area is 163 Å². The van der Waals surface area contributed by atoms with Gasteiger partial charge in [-0.1, -0.05) is 34.1 Å². The molecule has 3 rings (SSSR count). The minimum absolute atomic E-state index is 0.0782. The molecule has 0 aromatic heterocycles. The second-order valence-electron chi connectivity index (χ2n) is 5.34. The van der Waals surface area contributed by atoms with Crippen LogP contribution in [0.25, 0.3) is 6.08 Å². The number of hydrogen-bond acceptors (Lipinski definition) is 4. The van der Waals surface area contributed by atoms with Crippen molar-refractivity contribution in [2.24, 2.45) is 0 Å². The number of anilines is 1. The maximum absolute atomic E-state index is 14.0. The van der Waals surface area contributed by atoms with Gasteiger partial charge in [-0.15, -0.1) is 0 Å². The third-order valence-corrected chi connectivity index (χ3v) is 4.57. The third-order valence-electron chi connectivity index (χ3n) is 3.60. The van der Waals surface area contributed by atoms with Gasteiger partial charge in [-0.05, 0) is 48.1 Å². The first kappa shape index (κ1) is 18.5. The Kier molecular flexibility index (Phi) is 5.65. The summed E-state index contributed by atoms with van der Waals surface area (Å²) >= 11 is 8.61. The highest BCUT2D eigenvalue weighted by Gasteiger charge is 2.33. The smallest absolute Gasteiger partial charge is 0.281 e. The van der Waals surface area contributed by atoms with Gasteiger partial charge in [0.25, 0.3) is 5.91 Å². The Morgan fingerprint density at radius 1 is 1.31 bits per heavy atom. The van der Waals surface area contributed by atoms with Gasteiger partial charge in [-0.2, -0.15) is 0 Å². The molecular formula is C18H14BrFN2O3S. The number of nitrogens with one attached hydrogen (secondary N) is 1.